The van der Waals surface area contributed by atoms with Crippen molar-refractivity contribution in [1.29, 1.82) is 0 Å². The van der Waals surface area contributed by atoms with Gasteiger partial charge >= 0.3 is 6.03 Å². The predicted octanol–water partition coefficient (Wildman–Crippen LogP) is 4.68. The average molecular weight is 472 g/mol. The molecule has 2 heterocycles. The monoisotopic (exact) mass is 471 g/mol. The fraction of sp³-hybridized carbons (Fsp3) is 0.208. The van der Waals surface area contributed by atoms with Crippen molar-refractivity contribution < 1.29 is 23.2 Å². The van der Waals surface area contributed by atoms with Gasteiger partial charge in [0.25, 0.3) is 5.91 Å². The van der Waals surface area contributed by atoms with E-state index in [1.165, 1.54) is 43.3 Å². The molecule has 4 rings (SSSR count). The lowest BCUT2D eigenvalue weighted by Gasteiger charge is -2.22. The maximum atomic E-state index is 13.6. The smallest absolute Gasteiger partial charge is 0.319 e. The van der Waals surface area contributed by atoms with Gasteiger partial charge in [-0.2, -0.15) is 0 Å². The van der Waals surface area contributed by atoms with Gasteiger partial charge in [0.05, 0.1) is 11.6 Å². The summed E-state index contributed by atoms with van der Waals surface area (Å²) in [6.07, 6.45) is 0. The van der Waals surface area contributed by atoms with E-state index in [1.54, 1.807) is 30.5 Å². The second kappa shape index (κ2) is 8.12. The summed E-state index contributed by atoms with van der Waals surface area (Å²) in [6, 6.07) is 10.4. The van der Waals surface area contributed by atoms with Crippen LogP contribution in [0.1, 0.15) is 34.2 Å². The first-order chi connectivity index (χ1) is 15.5. The number of urea groups is 1. The Morgan fingerprint density at radius 2 is 1.73 bits per heavy atom. The highest BCUT2D eigenvalue weighted by Gasteiger charge is 2.49. The highest BCUT2D eigenvalue weighted by Crippen LogP contribution is 2.30. The molecular weight excluding hydrogens is 452 g/mol. The normalized spacial score (nSPS) is 18.1. The molecule has 1 aromatic heterocycles. The number of hydrogen-bond donors (Lipinski definition) is 1. The van der Waals surface area contributed by atoms with Crippen LogP contribution in [0.4, 0.5) is 13.6 Å². The van der Waals surface area contributed by atoms with Crippen LogP contribution in [0.2, 0.25) is 5.02 Å². The number of carbonyl (C=O) groups excluding carboxylic acids is 3. The molecule has 3 amide bonds. The van der Waals surface area contributed by atoms with Gasteiger partial charge in [-0.25, -0.2) is 13.6 Å². The minimum Gasteiger partial charge on any atom is -0.319 e. The summed E-state index contributed by atoms with van der Waals surface area (Å²) >= 11 is 5.90. The fourth-order valence-electron chi connectivity index (χ4n) is 4.11. The average Bonchev–Trinajstić information content (AvgIpc) is 3.18. The number of aryl methyl sites for hydroxylation is 1. The number of aromatic nitrogens is 1. The first kappa shape index (κ1) is 22.7. The summed E-state index contributed by atoms with van der Waals surface area (Å²) in [6.45, 7) is 4.54. The standard InChI is InChI=1S/C24H20ClF2N3O3/c1-13-10-18(14(2)30(13)17-8-9-20(27)19(25)11-17)21(31)12-29-22(32)24(3,28-23(29)33)15-4-6-16(26)7-5-15/h4-11H,12H2,1-3H3,(H,28,33). The van der Waals surface area contributed by atoms with Crippen LogP contribution in [0.3, 0.4) is 0 Å². The van der Waals surface area contributed by atoms with Crippen LogP contribution < -0.4 is 5.32 Å². The molecule has 3 aromatic rings. The molecule has 1 aliphatic heterocycles. The van der Waals surface area contributed by atoms with Crippen LogP contribution in [-0.4, -0.2) is 33.7 Å². The molecular formula is C24H20ClF2N3O3. The van der Waals surface area contributed by atoms with E-state index in [4.69, 9.17) is 11.6 Å². The third-order valence-electron chi connectivity index (χ3n) is 5.89. The number of nitrogens with one attached hydrogen (secondary N) is 1. The number of imide groups is 1. The number of halogens is 3. The highest BCUT2D eigenvalue weighted by molar-refractivity contribution is 6.30. The zero-order valence-electron chi connectivity index (χ0n) is 18.1. The molecule has 9 heteroatoms. The molecule has 6 nitrogen and oxygen atoms in total. The summed E-state index contributed by atoms with van der Waals surface area (Å²) in [5.41, 5.74) is 1.16. The van der Waals surface area contributed by atoms with Crippen molar-refractivity contribution in [3.8, 4) is 5.69 Å². The molecule has 0 aliphatic carbocycles. The summed E-state index contributed by atoms with van der Waals surface area (Å²) in [5, 5.41) is 2.55. The van der Waals surface area contributed by atoms with Crippen LogP contribution in [0.5, 0.6) is 0 Å². The zero-order chi connectivity index (χ0) is 24.1. The topological polar surface area (TPSA) is 71.4 Å². The minimum atomic E-state index is -1.41. The molecule has 1 aliphatic rings. The van der Waals surface area contributed by atoms with E-state index in [1.807, 2.05) is 0 Å². The summed E-state index contributed by atoms with van der Waals surface area (Å²) in [5.74, 6) is -2.06. The molecule has 170 valence electrons. The molecule has 1 fully saturated rings. The van der Waals surface area contributed by atoms with E-state index in [-0.39, 0.29) is 5.02 Å². The first-order valence-electron chi connectivity index (χ1n) is 10.1. The number of benzene rings is 2. The Bertz CT molecular complexity index is 1300. The van der Waals surface area contributed by atoms with Crippen molar-refractivity contribution in [3.63, 3.8) is 0 Å². The molecule has 0 bridgehead atoms. The van der Waals surface area contributed by atoms with Crippen molar-refractivity contribution >= 4 is 29.3 Å². The number of rotatable bonds is 5. The Kier molecular flexibility index (Phi) is 5.57. The third-order valence-corrected chi connectivity index (χ3v) is 6.18. The van der Waals surface area contributed by atoms with Crippen molar-refractivity contribution in [1.82, 2.24) is 14.8 Å². The summed E-state index contributed by atoms with van der Waals surface area (Å²) in [4.78, 5) is 39.6. The number of Topliss-reactive ketones (excluding diaryl/α,β-unsaturated/α-hetero) is 1. The van der Waals surface area contributed by atoms with Gasteiger partial charge in [0.1, 0.15) is 17.2 Å². The van der Waals surface area contributed by atoms with Gasteiger partial charge in [0, 0.05) is 22.6 Å². The van der Waals surface area contributed by atoms with Crippen LogP contribution in [0.25, 0.3) is 5.69 Å². The molecule has 0 radical (unpaired) electrons. The van der Waals surface area contributed by atoms with Crippen molar-refractivity contribution in [2.24, 2.45) is 0 Å². The lowest BCUT2D eigenvalue weighted by atomic mass is 9.92. The molecule has 33 heavy (non-hydrogen) atoms. The molecule has 1 atom stereocenters. The van der Waals surface area contributed by atoms with Gasteiger partial charge in [-0.1, -0.05) is 23.7 Å². The van der Waals surface area contributed by atoms with Crippen LogP contribution in [0.15, 0.2) is 48.5 Å². The van der Waals surface area contributed by atoms with Crippen molar-refractivity contribution in [2.75, 3.05) is 6.54 Å². The second-order valence-corrected chi connectivity index (χ2v) is 8.50. The highest BCUT2D eigenvalue weighted by atomic mass is 35.5. The molecule has 1 N–H and O–H groups in total. The molecule has 0 spiro atoms. The molecule has 1 unspecified atom stereocenters. The van der Waals surface area contributed by atoms with Crippen LogP contribution in [-0.2, 0) is 10.3 Å². The van der Waals surface area contributed by atoms with Gasteiger partial charge in [-0.15, -0.1) is 0 Å². The van der Waals surface area contributed by atoms with E-state index < -0.39 is 41.4 Å². The second-order valence-electron chi connectivity index (χ2n) is 8.10. The van der Waals surface area contributed by atoms with Gasteiger partial charge in [-0.05, 0) is 62.7 Å². The summed E-state index contributed by atoms with van der Waals surface area (Å²) in [7, 11) is 0. The Morgan fingerprint density at radius 1 is 1.06 bits per heavy atom. The lowest BCUT2D eigenvalue weighted by Crippen LogP contribution is -2.41. The van der Waals surface area contributed by atoms with Gasteiger partial charge < -0.3 is 9.88 Å². The third kappa shape index (κ3) is 3.80. The fourth-order valence-corrected chi connectivity index (χ4v) is 4.29. The van der Waals surface area contributed by atoms with E-state index in [9.17, 15) is 23.2 Å². The number of ketones is 1. The van der Waals surface area contributed by atoms with Crippen LogP contribution >= 0.6 is 11.6 Å². The Morgan fingerprint density at radius 3 is 2.36 bits per heavy atom. The van der Waals surface area contributed by atoms with E-state index >= 15 is 0 Å². The Hall–Kier alpha value is -3.52. The van der Waals surface area contributed by atoms with Crippen molar-refractivity contribution in [2.45, 2.75) is 26.3 Å². The molecule has 0 saturated carbocycles. The van der Waals surface area contributed by atoms with Gasteiger partial charge in [0.2, 0.25) is 0 Å². The van der Waals surface area contributed by atoms with Gasteiger partial charge in [0.15, 0.2) is 5.78 Å². The molecule has 1 saturated heterocycles. The maximum Gasteiger partial charge on any atom is 0.325 e. The SMILES string of the molecule is Cc1cc(C(=O)CN2C(=O)NC(C)(c3ccc(F)cc3)C2=O)c(C)n1-c1ccc(F)c(Cl)c1. The van der Waals surface area contributed by atoms with Gasteiger partial charge in [-0.3, -0.25) is 14.5 Å². The van der Waals surface area contributed by atoms with E-state index in [2.05, 4.69) is 5.32 Å². The lowest BCUT2D eigenvalue weighted by molar-refractivity contribution is -0.130. The first-order valence-corrected chi connectivity index (χ1v) is 10.5. The van der Waals surface area contributed by atoms with E-state index in [0.717, 1.165) is 4.90 Å². The quantitative estimate of drug-likeness (QED) is 0.434. The minimum absolute atomic E-state index is 0.0488. The Balaban J connectivity index is 1.61. The Labute approximate surface area is 193 Å². The summed E-state index contributed by atoms with van der Waals surface area (Å²) < 4.78 is 28.6. The van der Waals surface area contributed by atoms with Crippen LogP contribution in [0, 0.1) is 25.5 Å². The van der Waals surface area contributed by atoms with Crippen molar-refractivity contribution in [3.05, 3.63) is 87.7 Å². The largest absolute Gasteiger partial charge is 0.325 e. The zero-order valence-corrected chi connectivity index (χ0v) is 18.8. The maximum absolute atomic E-state index is 13.6. The van der Waals surface area contributed by atoms with E-state index in [0.29, 0.717) is 28.2 Å². The molecule has 2 aromatic carbocycles. The number of hydrogen-bond acceptors (Lipinski definition) is 3. The number of nitrogens with zero attached hydrogens (tertiary/aromatic N) is 2. The predicted molar refractivity (Wildman–Crippen MR) is 119 cm³/mol. The number of carbonyl (C=O) groups is 3. The number of amides is 3.